The highest BCUT2D eigenvalue weighted by Crippen LogP contribution is 2.24. The van der Waals surface area contributed by atoms with Gasteiger partial charge in [-0.15, -0.1) is 0 Å². The van der Waals surface area contributed by atoms with Crippen LogP contribution < -0.4 is 5.32 Å². The van der Waals surface area contributed by atoms with Crippen LogP contribution in [0.25, 0.3) is 0 Å². The summed E-state index contributed by atoms with van der Waals surface area (Å²) < 4.78 is 18.5. The molecule has 1 unspecified atom stereocenters. The van der Waals surface area contributed by atoms with Crippen molar-refractivity contribution in [2.75, 3.05) is 0 Å². The second kappa shape index (κ2) is 6.51. The van der Waals surface area contributed by atoms with E-state index in [0.717, 1.165) is 29.0 Å². The van der Waals surface area contributed by atoms with Crippen molar-refractivity contribution in [3.05, 3.63) is 52.2 Å². The SMILES string of the molecule is CCC(NCc1ccc(F)c(C#N)c1)c1c(C)noc1C. The monoisotopic (exact) mass is 287 g/mol. The molecule has 0 aliphatic rings. The van der Waals surface area contributed by atoms with Crippen molar-refractivity contribution in [2.24, 2.45) is 0 Å². The fraction of sp³-hybridized carbons (Fsp3) is 0.375. The maximum Gasteiger partial charge on any atom is 0.140 e. The summed E-state index contributed by atoms with van der Waals surface area (Å²) >= 11 is 0. The molecule has 21 heavy (non-hydrogen) atoms. The molecule has 4 nitrogen and oxygen atoms in total. The molecule has 2 aromatic rings. The lowest BCUT2D eigenvalue weighted by molar-refractivity contribution is 0.389. The Bertz CT molecular complexity index is 653. The van der Waals surface area contributed by atoms with Crippen LogP contribution in [0.15, 0.2) is 22.7 Å². The topological polar surface area (TPSA) is 61.9 Å². The molecule has 0 aliphatic carbocycles. The Morgan fingerprint density at radius 1 is 1.43 bits per heavy atom. The Balaban J connectivity index is 2.13. The van der Waals surface area contributed by atoms with Gasteiger partial charge < -0.3 is 9.84 Å². The van der Waals surface area contributed by atoms with E-state index in [1.807, 2.05) is 19.9 Å². The summed E-state index contributed by atoms with van der Waals surface area (Å²) in [6, 6.07) is 6.55. The minimum Gasteiger partial charge on any atom is -0.361 e. The Hall–Kier alpha value is -2.19. The zero-order valence-corrected chi connectivity index (χ0v) is 12.4. The van der Waals surface area contributed by atoms with Crippen molar-refractivity contribution in [1.82, 2.24) is 10.5 Å². The van der Waals surface area contributed by atoms with Crippen LogP contribution in [0.5, 0.6) is 0 Å². The van der Waals surface area contributed by atoms with E-state index in [2.05, 4.69) is 17.4 Å². The minimum absolute atomic E-state index is 0.0692. The van der Waals surface area contributed by atoms with Crippen LogP contribution in [0, 0.1) is 31.0 Å². The zero-order chi connectivity index (χ0) is 15.4. The standard InChI is InChI=1S/C16H18FN3O/c1-4-15(16-10(2)20-21-11(16)3)19-9-12-5-6-14(17)13(7-12)8-18/h5-7,15,19H,4,9H2,1-3H3. The molecule has 0 aliphatic heterocycles. The lowest BCUT2D eigenvalue weighted by atomic mass is 10.0. The number of halogens is 1. The smallest absolute Gasteiger partial charge is 0.140 e. The first-order valence-corrected chi connectivity index (χ1v) is 6.91. The number of nitrogens with one attached hydrogen (secondary N) is 1. The van der Waals surface area contributed by atoms with Gasteiger partial charge in [-0.05, 0) is 38.0 Å². The second-order valence-electron chi connectivity index (χ2n) is 5.01. The maximum atomic E-state index is 13.3. The normalized spacial score (nSPS) is 12.1. The maximum absolute atomic E-state index is 13.3. The predicted octanol–water partition coefficient (Wildman–Crippen LogP) is 3.54. The third-order valence-electron chi connectivity index (χ3n) is 3.55. The van der Waals surface area contributed by atoms with Gasteiger partial charge in [-0.3, -0.25) is 0 Å². The Morgan fingerprint density at radius 2 is 2.19 bits per heavy atom. The molecule has 1 aromatic heterocycles. The van der Waals surface area contributed by atoms with Gasteiger partial charge in [-0.1, -0.05) is 18.1 Å². The van der Waals surface area contributed by atoms with E-state index in [-0.39, 0.29) is 11.6 Å². The number of nitriles is 1. The first-order valence-electron chi connectivity index (χ1n) is 6.91. The summed E-state index contributed by atoms with van der Waals surface area (Å²) in [5, 5.41) is 16.2. The highest BCUT2D eigenvalue weighted by molar-refractivity contribution is 5.34. The Labute approximate surface area is 123 Å². The van der Waals surface area contributed by atoms with Crippen molar-refractivity contribution in [3.63, 3.8) is 0 Å². The predicted molar refractivity (Wildman–Crippen MR) is 77.0 cm³/mol. The van der Waals surface area contributed by atoms with Gasteiger partial charge in [-0.2, -0.15) is 5.26 Å². The highest BCUT2D eigenvalue weighted by Gasteiger charge is 2.18. The molecule has 0 amide bonds. The third-order valence-corrected chi connectivity index (χ3v) is 3.55. The van der Waals surface area contributed by atoms with Gasteiger partial charge in [0.05, 0.1) is 11.3 Å². The van der Waals surface area contributed by atoms with E-state index < -0.39 is 5.82 Å². The van der Waals surface area contributed by atoms with Gasteiger partial charge in [0.25, 0.3) is 0 Å². The molecule has 110 valence electrons. The zero-order valence-electron chi connectivity index (χ0n) is 12.4. The summed E-state index contributed by atoms with van der Waals surface area (Å²) in [6.45, 7) is 6.44. The van der Waals surface area contributed by atoms with E-state index >= 15 is 0 Å². The number of aryl methyl sites for hydroxylation is 2. The molecule has 0 saturated carbocycles. The number of hydrogen-bond acceptors (Lipinski definition) is 4. The molecule has 0 fully saturated rings. The first kappa shape index (κ1) is 15.2. The number of hydrogen-bond donors (Lipinski definition) is 1. The van der Waals surface area contributed by atoms with Gasteiger partial charge in [0, 0.05) is 18.2 Å². The molecule has 1 heterocycles. The van der Waals surface area contributed by atoms with Crippen molar-refractivity contribution >= 4 is 0 Å². The molecule has 0 radical (unpaired) electrons. The summed E-state index contributed by atoms with van der Waals surface area (Å²) in [5.74, 6) is 0.322. The summed E-state index contributed by atoms with van der Waals surface area (Å²) in [7, 11) is 0. The van der Waals surface area contributed by atoms with Crippen LogP contribution in [0.2, 0.25) is 0 Å². The Morgan fingerprint density at radius 3 is 2.76 bits per heavy atom. The summed E-state index contributed by atoms with van der Waals surface area (Å²) in [6.07, 6.45) is 0.884. The third kappa shape index (κ3) is 3.29. The fourth-order valence-electron chi connectivity index (χ4n) is 2.45. The molecule has 0 spiro atoms. The summed E-state index contributed by atoms with van der Waals surface area (Å²) in [5.41, 5.74) is 2.89. The Kier molecular flexibility index (Phi) is 4.71. The molecule has 1 N–H and O–H groups in total. The van der Waals surface area contributed by atoms with E-state index in [0.29, 0.717) is 6.54 Å². The van der Waals surface area contributed by atoms with E-state index in [9.17, 15) is 4.39 Å². The fourth-order valence-corrected chi connectivity index (χ4v) is 2.45. The largest absolute Gasteiger partial charge is 0.361 e. The molecule has 0 bridgehead atoms. The molecule has 2 rings (SSSR count). The van der Waals surface area contributed by atoms with Gasteiger partial charge >= 0.3 is 0 Å². The van der Waals surface area contributed by atoms with Crippen LogP contribution in [0.4, 0.5) is 4.39 Å². The van der Waals surface area contributed by atoms with Gasteiger partial charge in [0.1, 0.15) is 17.6 Å². The minimum atomic E-state index is -0.487. The second-order valence-corrected chi connectivity index (χ2v) is 5.01. The van der Waals surface area contributed by atoms with E-state index in [4.69, 9.17) is 9.78 Å². The van der Waals surface area contributed by atoms with Gasteiger partial charge in [-0.25, -0.2) is 4.39 Å². The van der Waals surface area contributed by atoms with Crippen molar-refractivity contribution in [2.45, 2.75) is 39.8 Å². The lowest BCUT2D eigenvalue weighted by Gasteiger charge is -2.17. The van der Waals surface area contributed by atoms with Crippen LogP contribution in [0.3, 0.4) is 0 Å². The molecule has 1 aromatic carbocycles. The average molecular weight is 287 g/mol. The van der Waals surface area contributed by atoms with Crippen molar-refractivity contribution in [1.29, 1.82) is 5.26 Å². The van der Waals surface area contributed by atoms with Gasteiger partial charge in [0.15, 0.2) is 0 Å². The molecule has 1 atom stereocenters. The molecular weight excluding hydrogens is 269 g/mol. The van der Waals surface area contributed by atoms with Crippen LogP contribution in [-0.4, -0.2) is 5.16 Å². The first-order chi connectivity index (χ1) is 10.1. The van der Waals surface area contributed by atoms with E-state index in [1.54, 1.807) is 12.1 Å². The highest BCUT2D eigenvalue weighted by atomic mass is 19.1. The van der Waals surface area contributed by atoms with Crippen LogP contribution in [0.1, 0.15) is 47.5 Å². The van der Waals surface area contributed by atoms with Crippen LogP contribution in [-0.2, 0) is 6.54 Å². The molecular formula is C16H18FN3O. The van der Waals surface area contributed by atoms with Crippen LogP contribution >= 0.6 is 0 Å². The number of rotatable bonds is 5. The van der Waals surface area contributed by atoms with E-state index in [1.165, 1.54) is 6.07 Å². The average Bonchev–Trinajstić information content (AvgIpc) is 2.81. The molecule has 0 saturated heterocycles. The van der Waals surface area contributed by atoms with Crippen molar-refractivity contribution < 1.29 is 8.91 Å². The number of benzene rings is 1. The lowest BCUT2D eigenvalue weighted by Crippen LogP contribution is -2.21. The summed E-state index contributed by atoms with van der Waals surface area (Å²) in [4.78, 5) is 0. The van der Waals surface area contributed by atoms with Gasteiger partial charge in [0.2, 0.25) is 0 Å². The number of nitrogens with zero attached hydrogens (tertiary/aromatic N) is 2. The molecule has 5 heteroatoms. The quantitative estimate of drug-likeness (QED) is 0.913. The van der Waals surface area contributed by atoms with Crippen molar-refractivity contribution in [3.8, 4) is 6.07 Å². The number of aromatic nitrogens is 1.